The third-order valence-electron chi connectivity index (χ3n) is 8.53. The topological polar surface area (TPSA) is 0 Å². The summed E-state index contributed by atoms with van der Waals surface area (Å²) in [5.41, 5.74) is 11.2. The molecular formula is C39H39Cl2Zr-. The molecule has 0 amide bonds. The number of allylic oxidation sites excluding steroid dienone is 8. The molecule has 0 saturated carbocycles. The van der Waals surface area contributed by atoms with Crippen molar-refractivity contribution >= 4 is 14.9 Å². The standard InChI is InChI=1S/C26H29.C13H10.2ClH.Zr/c1-16(2)23-15-26(6,17(3)4)25(19-9-7-8-10-19)22-14-20-13-18(5)11-12-21(20)24(22)23;1-3-7-12(8-4-1)11-13-9-5-2-6-10-13;;;/h7-9,11-13,15-17H,10H2,1-6H3;1-10H;2*1H;/q-1;;;;+2/p-2. The van der Waals surface area contributed by atoms with Gasteiger partial charge in [0.05, 0.1) is 0 Å². The Bertz CT molecular complexity index is 1640. The van der Waals surface area contributed by atoms with Crippen LogP contribution in [0, 0.1) is 24.2 Å². The number of rotatable bonds is 5. The average molecular weight is 670 g/mol. The molecule has 3 aliphatic carbocycles. The van der Waals surface area contributed by atoms with Crippen LogP contribution >= 0.6 is 0 Å². The van der Waals surface area contributed by atoms with E-state index in [1.807, 2.05) is 0 Å². The Morgan fingerprint density at radius 3 is 1.95 bits per heavy atom. The second kappa shape index (κ2) is 14.4. The molecule has 1 unspecified atom stereocenters. The van der Waals surface area contributed by atoms with E-state index in [2.05, 4.69) is 151 Å². The van der Waals surface area contributed by atoms with Crippen molar-refractivity contribution in [2.24, 2.45) is 17.3 Å². The van der Waals surface area contributed by atoms with E-state index in [0.29, 0.717) is 11.8 Å². The van der Waals surface area contributed by atoms with Crippen LogP contribution in [0.5, 0.6) is 0 Å². The van der Waals surface area contributed by atoms with E-state index < -0.39 is 0 Å². The molecule has 6 rings (SSSR count). The first-order valence-electron chi connectivity index (χ1n) is 14.5. The maximum absolute atomic E-state index is 3.83. The summed E-state index contributed by atoms with van der Waals surface area (Å²) in [4.78, 5) is 0. The van der Waals surface area contributed by atoms with Crippen LogP contribution in [0.15, 0.2) is 125 Å². The van der Waals surface area contributed by atoms with Crippen molar-refractivity contribution in [2.45, 2.75) is 48.0 Å². The van der Waals surface area contributed by atoms with Crippen LogP contribution in [0.25, 0.3) is 11.6 Å². The van der Waals surface area contributed by atoms with E-state index in [-0.39, 0.29) is 30.2 Å². The molecule has 3 aliphatic rings. The Morgan fingerprint density at radius 1 is 0.857 bits per heavy atom. The molecule has 0 spiro atoms. The molecule has 214 valence electrons. The Labute approximate surface area is 279 Å². The molecule has 3 heteroatoms. The molecule has 0 fully saturated rings. The van der Waals surface area contributed by atoms with Crippen LogP contribution in [0.3, 0.4) is 0 Å². The van der Waals surface area contributed by atoms with Crippen LogP contribution in [-0.2, 0) is 24.2 Å². The maximum atomic E-state index is 3.83. The van der Waals surface area contributed by atoms with E-state index in [0.717, 1.165) is 6.42 Å². The van der Waals surface area contributed by atoms with Gasteiger partial charge in [-0.2, -0.15) is 0 Å². The fraction of sp³-hybridized carbons (Fsp3) is 0.256. The first-order valence-corrected chi connectivity index (χ1v) is 15.7. The summed E-state index contributed by atoms with van der Waals surface area (Å²) >= 11 is 1.46. The van der Waals surface area contributed by atoms with Crippen molar-refractivity contribution in [3.05, 3.63) is 153 Å². The quantitative estimate of drug-likeness (QED) is 0.366. The van der Waals surface area contributed by atoms with Gasteiger partial charge in [-0.3, -0.25) is 0 Å². The van der Waals surface area contributed by atoms with E-state index in [1.165, 1.54) is 82.4 Å². The molecule has 3 aromatic rings. The van der Waals surface area contributed by atoms with Crippen molar-refractivity contribution in [1.82, 2.24) is 0 Å². The summed E-state index contributed by atoms with van der Waals surface area (Å²) in [6.07, 6.45) is 14.2. The van der Waals surface area contributed by atoms with Crippen molar-refractivity contribution in [1.29, 1.82) is 0 Å². The van der Waals surface area contributed by atoms with Crippen LogP contribution in [0.4, 0.5) is 0 Å². The SMILES string of the molecule is Cc1ccc2c(c1)=[C-]C1=C(C3=CC=CC3)C(C)(C(C)C)C=C(C(C)C)C=21.[Cl-].[Cl-].[Zr+2]=[C](c1ccccc1)c1ccccc1. The summed E-state index contributed by atoms with van der Waals surface area (Å²) in [5.74, 6) is 1.04. The van der Waals surface area contributed by atoms with Crippen molar-refractivity contribution in [2.75, 3.05) is 0 Å². The molecule has 42 heavy (non-hydrogen) atoms. The summed E-state index contributed by atoms with van der Waals surface area (Å²) in [6.45, 7) is 14.0. The normalized spacial score (nSPS) is 18.2. The Kier molecular flexibility index (Phi) is 11.8. The third kappa shape index (κ3) is 6.75. The van der Waals surface area contributed by atoms with Crippen molar-refractivity contribution < 1.29 is 49.0 Å². The van der Waals surface area contributed by atoms with Gasteiger partial charge >= 0.3 is 99.2 Å². The molecule has 3 aromatic carbocycles. The second-order valence-electron chi connectivity index (χ2n) is 11.9. The molecule has 0 heterocycles. The molecule has 0 aromatic heterocycles. The molecule has 0 aliphatic heterocycles. The monoisotopic (exact) mass is 667 g/mol. The van der Waals surface area contributed by atoms with Crippen LogP contribution in [-0.4, -0.2) is 3.21 Å². The van der Waals surface area contributed by atoms with Crippen LogP contribution in [0.1, 0.15) is 57.7 Å². The zero-order chi connectivity index (χ0) is 28.4. The molecule has 0 radical (unpaired) electrons. The van der Waals surface area contributed by atoms with Gasteiger partial charge in [0.1, 0.15) is 0 Å². The van der Waals surface area contributed by atoms with Gasteiger partial charge in [-0.1, -0.05) is 93.3 Å². The van der Waals surface area contributed by atoms with Crippen molar-refractivity contribution in [3.63, 3.8) is 0 Å². The summed E-state index contributed by atoms with van der Waals surface area (Å²) in [7, 11) is 0. The van der Waals surface area contributed by atoms with Crippen LogP contribution in [0.2, 0.25) is 0 Å². The third-order valence-corrected chi connectivity index (χ3v) is 9.94. The molecular weight excluding hydrogens is 631 g/mol. The zero-order valence-corrected chi connectivity index (χ0v) is 29.4. The number of hydrogen-bond donors (Lipinski definition) is 0. The molecule has 0 bridgehead atoms. The minimum atomic E-state index is 0. The van der Waals surface area contributed by atoms with E-state index in [4.69, 9.17) is 0 Å². The fourth-order valence-electron chi connectivity index (χ4n) is 5.96. The van der Waals surface area contributed by atoms with Crippen LogP contribution < -0.4 is 35.3 Å². The van der Waals surface area contributed by atoms with Gasteiger partial charge < -0.3 is 24.8 Å². The number of halogens is 2. The van der Waals surface area contributed by atoms with Gasteiger partial charge in [0.2, 0.25) is 0 Å². The first-order chi connectivity index (χ1) is 19.2. The van der Waals surface area contributed by atoms with Gasteiger partial charge in [-0.25, -0.2) is 0 Å². The van der Waals surface area contributed by atoms with Gasteiger partial charge in [0.25, 0.3) is 0 Å². The van der Waals surface area contributed by atoms with E-state index in [9.17, 15) is 0 Å². The summed E-state index contributed by atoms with van der Waals surface area (Å²) < 4.78 is 1.42. The fourth-order valence-corrected chi connectivity index (χ4v) is 6.78. The number of aryl methyl sites for hydroxylation is 1. The van der Waals surface area contributed by atoms with E-state index >= 15 is 0 Å². The minimum absolute atomic E-state index is 0. The Hall–Kier alpha value is -2.31. The summed E-state index contributed by atoms with van der Waals surface area (Å²) in [6, 6.07) is 27.9. The molecule has 0 N–H and O–H groups in total. The Morgan fingerprint density at radius 2 is 1.45 bits per heavy atom. The predicted molar refractivity (Wildman–Crippen MR) is 168 cm³/mol. The predicted octanol–water partition coefficient (Wildman–Crippen LogP) is 2.07. The van der Waals surface area contributed by atoms with Crippen molar-refractivity contribution in [3.8, 4) is 0 Å². The van der Waals surface area contributed by atoms with Gasteiger partial charge in [-0.05, 0) is 30.6 Å². The Balaban J connectivity index is 0.000000258. The number of benzene rings is 3. The number of fused-ring (bicyclic) bond motifs is 2. The van der Waals surface area contributed by atoms with Gasteiger partial charge in [0.15, 0.2) is 0 Å². The molecule has 0 saturated heterocycles. The second-order valence-corrected chi connectivity index (χ2v) is 13.2. The van der Waals surface area contributed by atoms with Gasteiger partial charge in [0, 0.05) is 0 Å². The first kappa shape index (κ1) is 34.2. The number of hydrogen-bond acceptors (Lipinski definition) is 0. The van der Waals surface area contributed by atoms with Gasteiger partial charge in [-0.15, -0.1) is 33.7 Å². The molecule has 1 atom stereocenters. The summed E-state index contributed by atoms with van der Waals surface area (Å²) in [5, 5.41) is 2.62. The average Bonchev–Trinajstić information content (AvgIpc) is 3.61. The molecule has 0 nitrogen and oxygen atoms in total. The zero-order valence-electron chi connectivity index (χ0n) is 25.4. The van der Waals surface area contributed by atoms with E-state index in [1.54, 1.807) is 0 Å².